The molecule has 5 aromatic carbocycles. The maximum atomic E-state index is 15.4. The number of hydrogen-bond acceptors (Lipinski definition) is 3. The second kappa shape index (κ2) is 19.2. The third-order valence-corrected chi connectivity index (χ3v) is 9.67. The van der Waals surface area contributed by atoms with Gasteiger partial charge in [-0.2, -0.15) is 4.57 Å². The molecule has 6 aromatic rings. The number of carbonyl (C=O) groups is 1. The van der Waals surface area contributed by atoms with Crippen LogP contribution in [-0.4, -0.2) is 23.5 Å². The van der Waals surface area contributed by atoms with Crippen LogP contribution in [0.25, 0.3) is 0 Å². The highest BCUT2D eigenvalue weighted by molar-refractivity contribution is 7.20. The highest BCUT2D eigenvalue weighted by Gasteiger charge is 2.52. The highest BCUT2D eigenvalue weighted by atomic mass is 19.2. The molecule has 0 saturated heterocycles. The maximum absolute atomic E-state index is 15.4. The molecule has 0 atom stereocenters. The van der Waals surface area contributed by atoms with Crippen LogP contribution in [-0.2, 0) is 6.54 Å². The SMILES string of the molecule is CCCCOc1cncc[n+]1CC(=O)c1ccccc1.Fc1c(F)c(F)c([B-](c2c(F)c(F)c(F)c(F)c2F)(c2c(F)c(F)c(F)c(F)c2F)c2c(F)c(F)c(F)c(F)c2F)c(F)c1F. The Balaban J connectivity index is 0.000000330. The molecule has 6 rings (SSSR count). The summed E-state index contributed by atoms with van der Waals surface area (Å²) in [5.41, 5.74) is -13.6. The standard InChI is InChI=1S/C24BF20.C16H19N2O2/c26-5-1(6(27)14(35)21(42)13(5)34)25(2-7(28)15(36)22(43)16(37)8(2)29,3-9(30)17(38)23(44)18(39)10(3)31)4-11(32)19(40)24(45)20(41)12(4)33;1-2-3-11-20-16-12-17-9-10-18(16)13-15(19)14-7-5-4-6-8-14/h;4-10,12H,2-3,11,13H2,1H3/q-1;+1. The molecule has 0 aliphatic heterocycles. The van der Waals surface area contributed by atoms with Crippen molar-refractivity contribution >= 4 is 33.8 Å². The molecular weight excluding hydrogens is 931 g/mol. The van der Waals surface area contributed by atoms with E-state index in [-0.39, 0.29) is 12.3 Å². The minimum atomic E-state index is -7.22. The Labute approximate surface area is 350 Å². The fourth-order valence-corrected chi connectivity index (χ4v) is 6.69. The highest BCUT2D eigenvalue weighted by Crippen LogP contribution is 2.30. The molecule has 0 spiro atoms. The molecule has 0 bridgehead atoms. The van der Waals surface area contributed by atoms with E-state index in [4.69, 9.17) is 4.74 Å². The van der Waals surface area contributed by atoms with Gasteiger partial charge in [0.25, 0.3) is 0 Å². The summed E-state index contributed by atoms with van der Waals surface area (Å²) in [7, 11) is 0. The van der Waals surface area contributed by atoms with Crippen molar-refractivity contribution in [3.63, 3.8) is 0 Å². The number of ether oxygens (including phenoxy) is 1. The summed E-state index contributed by atoms with van der Waals surface area (Å²) in [5.74, 6) is -70.7. The minimum absolute atomic E-state index is 0.0575. The van der Waals surface area contributed by atoms with E-state index in [1.54, 1.807) is 23.2 Å². The van der Waals surface area contributed by atoms with Crippen molar-refractivity contribution in [2.75, 3.05) is 6.61 Å². The number of halogens is 20. The number of benzene rings is 5. The van der Waals surface area contributed by atoms with Gasteiger partial charge in [-0.3, -0.25) is 4.79 Å². The van der Waals surface area contributed by atoms with Crippen LogP contribution in [0, 0.1) is 116 Å². The van der Waals surface area contributed by atoms with E-state index in [0.29, 0.717) is 18.1 Å². The third-order valence-electron chi connectivity index (χ3n) is 9.67. The Morgan fingerprint density at radius 3 is 1.11 bits per heavy atom. The quantitative estimate of drug-likeness (QED) is 0.0250. The van der Waals surface area contributed by atoms with Gasteiger partial charge in [0, 0.05) is 5.56 Å². The molecule has 65 heavy (non-hydrogen) atoms. The van der Waals surface area contributed by atoms with Crippen LogP contribution < -0.4 is 31.2 Å². The van der Waals surface area contributed by atoms with Crippen LogP contribution >= 0.6 is 0 Å². The number of unbranched alkanes of at least 4 members (excludes halogenated alkanes) is 1. The Morgan fingerprint density at radius 1 is 0.492 bits per heavy atom. The molecule has 0 N–H and O–H groups in total. The van der Waals surface area contributed by atoms with Crippen LogP contribution in [0.15, 0.2) is 48.9 Å². The van der Waals surface area contributed by atoms with Crippen molar-refractivity contribution in [2.24, 2.45) is 0 Å². The van der Waals surface area contributed by atoms with E-state index in [9.17, 15) is 57.5 Å². The molecule has 0 amide bonds. The van der Waals surface area contributed by atoms with E-state index in [0.717, 1.165) is 12.8 Å². The summed E-state index contributed by atoms with van der Waals surface area (Å²) in [4.78, 5) is 16.2. The van der Waals surface area contributed by atoms with Crippen LogP contribution in [0.1, 0.15) is 30.1 Å². The van der Waals surface area contributed by atoms with Gasteiger partial charge in [-0.25, -0.2) is 92.8 Å². The third kappa shape index (κ3) is 8.30. The predicted octanol–water partition coefficient (Wildman–Crippen LogP) is 8.28. The summed E-state index contributed by atoms with van der Waals surface area (Å²) in [6.07, 6.45) is -0.0863. The zero-order valence-electron chi connectivity index (χ0n) is 31.8. The van der Waals surface area contributed by atoms with E-state index in [2.05, 4.69) is 11.9 Å². The largest absolute Gasteiger partial charge is 0.443 e. The lowest BCUT2D eigenvalue weighted by molar-refractivity contribution is -0.689. The molecule has 1 heterocycles. The first-order chi connectivity index (χ1) is 30.5. The van der Waals surface area contributed by atoms with Gasteiger partial charge in [0.05, 0.1) is 12.8 Å². The van der Waals surface area contributed by atoms with Crippen LogP contribution in [0.5, 0.6) is 5.88 Å². The molecule has 25 heteroatoms. The Hall–Kier alpha value is -6.69. The van der Waals surface area contributed by atoms with E-state index >= 15 is 35.1 Å². The van der Waals surface area contributed by atoms with Gasteiger partial charge in [0.15, 0.2) is 76.0 Å². The fraction of sp³-hybridized carbons (Fsp3) is 0.125. The molecule has 0 unspecified atom stereocenters. The van der Waals surface area contributed by atoms with Gasteiger partial charge in [-0.15, -0.1) is 21.9 Å². The summed E-state index contributed by atoms with van der Waals surface area (Å²) in [6, 6.07) is 9.27. The average molecular weight is 950 g/mol. The Morgan fingerprint density at radius 2 is 0.800 bits per heavy atom. The number of nitrogens with zero attached hydrogens (tertiary/aromatic N) is 2. The van der Waals surface area contributed by atoms with Crippen LogP contribution in [0.2, 0.25) is 0 Å². The number of ketones is 1. The van der Waals surface area contributed by atoms with Crippen LogP contribution in [0.3, 0.4) is 0 Å². The molecule has 0 aliphatic carbocycles. The van der Waals surface area contributed by atoms with Crippen molar-refractivity contribution in [2.45, 2.75) is 26.3 Å². The maximum Gasteiger partial charge on any atom is 0.387 e. The number of aromatic nitrogens is 2. The van der Waals surface area contributed by atoms with Crippen molar-refractivity contribution in [1.29, 1.82) is 0 Å². The van der Waals surface area contributed by atoms with Crippen molar-refractivity contribution in [3.05, 3.63) is 171 Å². The molecular formula is C40H19BF20N2O2. The van der Waals surface area contributed by atoms with Gasteiger partial charge >= 0.3 is 5.88 Å². The Bertz CT molecular complexity index is 2470. The summed E-state index contributed by atoms with van der Waals surface area (Å²) in [6.45, 7) is 3.01. The summed E-state index contributed by atoms with van der Waals surface area (Å²) >= 11 is 0. The lowest BCUT2D eigenvalue weighted by atomic mass is 9.12. The van der Waals surface area contributed by atoms with Crippen LogP contribution in [0.4, 0.5) is 87.8 Å². The smallest absolute Gasteiger partial charge is 0.387 e. The first kappa shape index (κ1) is 49.3. The monoisotopic (exact) mass is 950 g/mol. The second-order valence-electron chi connectivity index (χ2n) is 13.3. The van der Waals surface area contributed by atoms with E-state index < -0.39 is 144 Å². The van der Waals surface area contributed by atoms with Gasteiger partial charge in [-0.05, 0) is 6.42 Å². The first-order valence-corrected chi connectivity index (χ1v) is 17.8. The number of hydrogen-bond donors (Lipinski definition) is 0. The fourth-order valence-electron chi connectivity index (χ4n) is 6.69. The molecule has 0 saturated carbocycles. The normalized spacial score (nSPS) is 11.5. The average Bonchev–Trinajstić information content (AvgIpc) is 3.30. The second-order valence-corrected chi connectivity index (χ2v) is 13.3. The van der Waals surface area contributed by atoms with Crippen molar-refractivity contribution in [1.82, 2.24) is 4.98 Å². The summed E-state index contributed by atoms with van der Waals surface area (Å²) < 4.78 is 301. The lowest BCUT2D eigenvalue weighted by Crippen LogP contribution is -2.81. The predicted molar refractivity (Wildman–Crippen MR) is 185 cm³/mol. The molecule has 0 radical (unpaired) electrons. The zero-order chi connectivity index (χ0) is 48.6. The number of carbonyl (C=O) groups excluding carboxylic acids is 1. The molecule has 4 nitrogen and oxygen atoms in total. The van der Waals surface area contributed by atoms with Gasteiger partial charge < -0.3 is 4.74 Å². The van der Waals surface area contributed by atoms with Crippen molar-refractivity contribution in [3.8, 4) is 5.88 Å². The topological polar surface area (TPSA) is 43.1 Å². The Kier molecular flexibility index (Phi) is 14.6. The molecule has 0 fully saturated rings. The van der Waals surface area contributed by atoms with Gasteiger partial charge in [0.1, 0.15) is 58.9 Å². The number of rotatable bonds is 11. The molecule has 0 aliphatic rings. The van der Waals surface area contributed by atoms with E-state index in [1.807, 2.05) is 30.3 Å². The van der Waals surface area contributed by atoms with Crippen molar-refractivity contribution < 1.29 is 102 Å². The lowest BCUT2D eigenvalue weighted by Gasteiger charge is -2.44. The first-order valence-electron chi connectivity index (χ1n) is 17.8. The molecule has 344 valence electrons. The summed E-state index contributed by atoms with van der Waals surface area (Å²) in [5, 5.41) is 0. The number of Topliss-reactive ketones (excluding diaryl/α,β-unsaturated/α-hetero) is 1. The molecule has 1 aromatic heterocycles. The zero-order valence-corrected chi connectivity index (χ0v) is 31.8. The van der Waals surface area contributed by atoms with Gasteiger partial charge in [0.2, 0.25) is 12.3 Å². The minimum Gasteiger partial charge on any atom is -0.443 e. The van der Waals surface area contributed by atoms with E-state index in [1.165, 1.54) is 0 Å². The van der Waals surface area contributed by atoms with Gasteiger partial charge in [-0.1, -0.05) is 43.7 Å².